The number of hydrogen-bond donors (Lipinski definition) is 1. The number of fused-ring (bicyclic) bond motifs is 1. The molecule has 0 spiro atoms. The fraction of sp³-hybridized carbons (Fsp3) is 0.588. The van der Waals surface area contributed by atoms with E-state index < -0.39 is 0 Å². The summed E-state index contributed by atoms with van der Waals surface area (Å²) < 4.78 is 2.36. The standard InChI is InChI=1S/C17H25N3/c1-3-13(4-2)11-20-12-14(10-19-15-7-8-15)16-6-5-9-18-17(16)20/h5-6,9,12-13,15,19H,3-4,7-8,10-11H2,1-2H3. The van der Waals surface area contributed by atoms with Crippen LogP contribution >= 0.6 is 0 Å². The number of hydrogen-bond acceptors (Lipinski definition) is 2. The zero-order chi connectivity index (χ0) is 13.9. The van der Waals surface area contributed by atoms with Crippen LogP contribution in [0.3, 0.4) is 0 Å². The van der Waals surface area contributed by atoms with Gasteiger partial charge in [-0.1, -0.05) is 26.7 Å². The van der Waals surface area contributed by atoms with E-state index in [0.717, 1.165) is 30.7 Å². The van der Waals surface area contributed by atoms with Gasteiger partial charge in [0.25, 0.3) is 0 Å². The second-order valence-corrected chi connectivity index (χ2v) is 6.02. The quantitative estimate of drug-likeness (QED) is 0.831. The molecule has 0 saturated heterocycles. The minimum Gasteiger partial charge on any atom is -0.332 e. The molecular formula is C17H25N3. The molecule has 1 fully saturated rings. The van der Waals surface area contributed by atoms with Crippen molar-refractivity contribution in [3.63, 3.8) is 0 Å². The first-order valence-corrected chi connectivity index (χ1v) is 7.98. The molecule has 1 aliphatic rings. The van der Waals surface area contributed by atoms with Crippen molar-refractivity contribution < 1.29 is 0 Å². The van der Waals surface area contributed by atoms with E-state index in [-0.39, 0.29) is 0 Å². The number of pyridine rings is 1. The molecule has 0 atom stereocenters. The van der Waals surface area contributed by atoms with Crippen molar-refractivity contribution in [2.45, 2.75) is 58.7 Å². The second kappa shape index (κ2) is 5.96. The molecule has 0 unspecified atom stereocenters. The van der Waals surface area contributed by atoms with Gasteiger partial charge in [-0.25, -0.2) is 4.98 Å². The summed E-state index contributed by atoms with van der Waals surface area (Å²) in [5.41, 5.74) is 2.54. The lowest BCUT2D eigenvalue weighted by molar-refractivity contribution is 0.423. The Kier molecular flexibility index (Phi) is 4.06. The average molecular weight is 271 g/mol. The van der Waals surface area contributed by atoms with Crippen LogP contribution in [-0.2, 0) is 13.1 Å². The van der Waals surface area contributed by atoms with Crippen molar-refractivity contribution in [1.82, 2.24) is 14.9 Å². The molecular weight excluding hydrogens is 246 g/mol. The Hall–Kier alpha value is -1.35. The van der Waals surface area contributed by atoms with E-state index in [1.807, 2.05) is 12.3 Å². The van der Waals surface area contributed by atoms with E-state index in [0.29, 0.717) is 0 Å². The summed E-state index contributed by atoms with van der Waals surface area (Å²) in [5, 5.41) is 4.93. The van der Waals surface area contributed by atoms with Gasteiger partial charge in [-0.05, 0) is 36.5 Å². The Morgan fingerprint density at radius 2 is 2.15 bits per heavy atom. The molecule has 3 heteroatoms. The predicted octanol–water partition coefficient (Wildman–Crippen LogP) is 3.72. The monoisotopic (exact) mass is 271 g/mol. The van der Waals surface area contributed by atoms with E-state index in [4.69, 9.17) is 0 Å². The summed E-state index contributed by atoms with van der Waals surface area (Å²) >= 11 is 0. The molecule has 2 heterocycles. The number of nitrogens with one attached hydrogen (secondary N) is 1. The minimum absolute atomic E-state index is 0.747. The van der Waals surface area contributed by atoms with Gasteiger partial charge in [0, 0.05) is 36.9 Å². The van der Waals surface area contributed by atoms with E-state index >= 15 is 0 Å². The van der Waals surface area contributed by atoms with Crippen LogP contribution in [0.15, 0.2) is 24.5 Å². The maximum absolute atomic E-state index is 4.60. The van der Waals surface area contributed by atoms with Gasteiger partial charge in [0.05, 0.1) is 0 Å². The highest BCUT2D eigenvalue weighted by molar-refractivity contribution is 5.80. The number of rotatable bonds is 7. The van der Waals surface area contributed by atoms with E-state index in [2.05, 4.69) is 41.0 Å². The zero-order valence-electron chi connectivity index (χ0n) is 12.6. The molecule has 0 aromatic carbocycles. The number of nitrogens with zero attached hydrogens (tertiary/aromatic N) is 2. The van der Waals surface area contributed by atoms with Gasteiger partial charge in [0.2, 0.25) is 0 Å². The van der Waals surface area contributed by atoms with Crippen LogP contribution in [0.1, 0.15) is 45.1 Å². The van der Waals surface area contributed by atoms with Gasteiger partial charge in [-0.2, -0.15) is 0 Å². The van der Waals surface area contributed by atoms with Crippen LogP contribution in [0.25, 0.3) is 11.0 Å². The highest BCUT2D eigenvalue weighted by atomic mass is 15.0. The first-order valence-electron chi connectivity index (χ1n) is 7.98. The summed E-state index contributed by atoms with van der Waals surface area (Å²) in [6, 6.07) is 5.00. The molecule has 1 saturated carbocycles. The van der Waals surface area contributed by atoms with Crippen LogP contribution in [-0.4, -0.2) is 15.6 Å². The molecule has 108 valence electrons. The third-order valence-corrected chi connectivity index (χ3v) is 4.48. The lowest BCUT2D eigenvalue weighted by Gasteiger charge is -2.13. The van der Waals surface area contributed by atoms with Gasteiger partial charge >= 0.3 is 0 Å². The molecule has 0 radical (unpaired) electrons. The molecule has 0 bridgehead atoms. The van der Waals surface area contributed by atoms with Crippen LogP contribution in [0, 0.1) is 5.92 Å². The molecule has 2 aromatic heterocycles. The normalized spacial score (nSPS) is 15.3. The van der Waals surface area contributed by atoms with Gasteiger partial charge in [-0.15, -0.1) is 0 Å². The van der Waals surface area contributed by atoms with Crippen LogP contribution in [0.5, 0.6) is 0 Å². The largest absolute Gasteiger partial charge is 0.332 e. The van der Waals surface area contributed by atoms with Crippen molar-refractivity contribution in [2.24, 2.45) is 5.92 Å². The maximum atomic E-state index is 4.60. The second-order valence-electron chi connectivity index (χ2n) is 6.02. The third kappa shape index (κ3) is 2.88. The van der Waals surface area contributed by atoms with Gasteiger partial charge in [0.15, 0.2) is 0 Å². The summed E-state index contributed by atoms with van der Waals surface area (Å²) in [6.45, 7) is 6.62. The lowest BCUT2D eigenvalue weighted by Crippen LogP contribution is -2.15. The Bertz CT molecular complexity index is 565. The lowest BCUT2D eigenvalue weighted by atomic mass is 10.0. The number of aromatic nitrogens is 2. The molecule has 3 nitrogen and oxygen atoms in total. The van der Waals surface area contributed by atoms with Crippen molar-refractivity contribution in [1.29, 1.82) is 0 Å². The zero-order valence-corrected chi connectivity index (χ0v) is 12.6. The Morgan fingerprint density at radius 1 is 1.35 bits per heavy atom. The molecule has 20 heavy (non-hydrogen) atoms. The van der Waals surface area contributed by atoms with Crippen LogP contribution in [0.4, 0.5) is 0 Å². The molecule has 2 aromatic rings. The Morgan fingerprint density at radius 3 is 2.85 bits per heavy atom. The summed E-state index contributed by atoms with van der Waals surface area (Å²) in [7, 11) is 0. The fourth-order valence-electron chi connectivity index (χ4n) is 2.84. The molecule has 0 aliphatic heterocycles. The van der Waals surface area contributed by atoms with Crippen LogP contribution < -0.4 is 5.32 Å². The fourth-order valence-corrected chi connectivity index (χ4v) is 2.84. The van der Waals surface area contributed by atoms with Gasteiger partial charge in [0.1, 0.15) is 5.65 Å². The highest BCUT2D eigenvalue weighted by Gasteiger charge is 2.21. The summed E-state index contributed by atoms with van der Waals surface area (Å²) in [5.74, 6) is 0.747. The van der Waals surface area contributed by atoms with Crippen LogP contribution in [0.2, 0.25) is 0 Å². The van der Waals surface area contributed by atoms with E-state index in [9.17, 15) is 0 Å². The first kappa shape index (κ1) is 13.6. The van der Waals surface area contributed by atoms with Gasteiger partial charge in [-0.3, -0.25) is 0 Å². The van der Waals surface area contributed by atoms with Crippen molar-refractivity contribution >= 4 is 11.0 Å². The predicted molar refractivity (Wildman–Crippen MR) is 83.7 cm³/mol. The maximum Gasteiger partial charge on any atom is 0.140 e. The van der Waals surface area contributed by atoms with Crippen molar-refractivity contribution in [3.05, 3.63) is 30.1 Å². The smallest absolute Gasteiger partial charge is 0.140 e. The Balaban J connectivity index is 1.86. The summed E-state index contributed by atoms with van der Waals surface area (Å²) in [6.07, 6.45) is 9.36. The van der Waals surface area contributed by atoms with Crippen molar-refractivity contribution in [2.75, 3.05) is 0 Å². The van der Waals surface area contributed by atoms with E-state index in [1.54, 1.807) is 0 Å². The third-order valence-electron chi connectivity index (χ3n) is 4.48. The average Bonchev–Trinajstić information content (AvgIpc) is 3.25. The highest BCUT2D eigenvalue weighted by Crippen LogP contribution is 2.24. The first-order chi connectivity index (χ1) is 9.81. The molecule has 1 aliphatic carbocycles. The topological polar surface area (TPSA) is 29.9 Å². The molecule has 0 amide bonds. The Labute approximate surface area is 121 Å². The van der Waals surface area contributed by atoms with Crippen molar-refractivity contribution in [3.8, 4) is 0 Å². The molecule has 3 rings (SSSR count). The van der Waals surface area contributed by atoms with Gasteiger partial charge < -0.3 is 9.88 Å². The molecule has 1 N–H and O–H groups in total. The SMILES string of the molecule is CCC(CC)Cn1cc(CNC2CC2)c2cccnc21. The van der Waals surface area contributed by atoms with E-state index in [1.165, 1.54) is 36.6 Å². The summed E-state index contributed by atoms with van der Waals surface area (Å²) in [4.78, 5) is 4.60. The minimum atomic E-state index is 0.747.